The van der Waals surface area contributed by atoms with Gasteiger partial charge in [0.25, 0.3) is 0 Å². The standard InChI is InChI=1S/C13H17F3N2/c1-8-7-18(4-3-11(8)17-2)12-6-9(14)5-10(15)13(12)16/h5-6,8,11,17H,3-4,7H2,1-2H3. The molecule has 2 nitrogen and oxygen atoms in total. The Morgan fingerprint density at radius 1 is 1.28 bits per heavy atom. The van der Waals surface area contributed by atoms with Gasteiger partial charge in [0.05, 0.1) is 5.69 Å². The van der Waals surface area contributed by atoms with E-state index in [1.54, 1.807) is 4.90 Å². The van der Waals surface area contributed by atoms with Gasteiger partial charge in [0, 0.05) is 31.3 Å². The van der Waals surface area contributed by atoms with E-state index in [0.717, 1.165) is 12.5 Å². The molecule has 0 saturated carbocycles. The predicted octanol–water partition coefficient (Wildman–Crippen LogP) is 2.54. The van der Waals surface area contributed by atoms with Crippen LogP contribution < -0.4 is 10.2 Å². The highest BCUT2D eigenvalue weighted by Gasteiger charge is 2.27. The summed E-state index contributed by atoms with van der Waals surface area (Å²) in [5, 5.41) is 3.19. The fraction of sp³-hybridized carbons (Fsp3) is 0.538. The topological polar surface area (TPSA) is 15.3 Å². The number of benzene rings is 1. The van der Waals surface area contributed by atoms with E-state index in [-0.39, 0.29) is 5.69 Å². The van der Waals surface area contributed by atoms with E-state index in [0.29, 0.717) is 31.1 Å². The average Bonchev–Trinajstić information content (AvgIpc) is 2.33. The SMILES string of the molecule is CNC1CCN(c2cc(F)cc(F)c2F)CC1C. The molecule has 0 spiro atoms. The van der Waals surface area contributed by atoms with Crippen molar-refractivity contribution < 1.29 is 13.2 Å². The molecular formula is C13H17F3N2. The highest BCUT2D eigenvalue weighted by atomic mass is 19.2. The molecule has 1 aromatic carbocycles. The van der Waals surface area contributed by atoms with Crippen LogP contribution in [0, 0.1) is 23.4 Å². The minimum Gasteiger partial charge on any atom is -0.369 e. The fourth-order valence-corrected chi connectivity index (χ4v) is 2.57. The molecule has 2 atom stereocenters. The maximum atomic E-state index is 13.7. The van der Waals surface area contributed by atoms with Gasteiger partial charge in [-0.1, -0.05) is 6.92 Å². The molecule has 1 saturated heterocycles. The lowest BCUT2D eigenvalue weighted by Gasteiger charge is -2.38. The van der Waals surface area contributed by atoms with Gasteiger partial charge >= 0.3 is 0 Å². The number of anilines is 1. The van der Waals surface area contributed by atoms with Gasteiger partial charge < -0.3 is 10.2 Å². The molecule has 2 rings (SSSR count). The van der Waals surface area contributed by atoms with Crippen LogP contribution in [0.3, 0.4) is 0 Å². The summed E-state index contributed by atoms with van der Waals surface area (Å²) >= 11 is 0. The second kappa shape index (κ2) is 5.18. The van der Waals surface area contributed by atoms with Crippen LogP contribution in [0.1, 0.15) is 13.3 Å². The Morgan fingerprint density at radius 3 is 2.61 bits per heavy atom. The van der Waals surface area contributed by atoms with Crippen LogP contribution in [0.2, 0.25) is 0 Å². The highest BCUT2D eigenvalue weighted by Crippen LogP contribution is 2.27. The Bertz CT molecular complexity index is 436. The minimum atomic E-state index is -1.13. The number of hydrogen-bond acceptors (Lipinski definition) is 2. The van der Waals surface area contributed by atoms with Crippen molar-refractivity contribution in [3.63, 3.8) is 0 Å². The van der Waals surface area contributed by atoms with Gasteiger partial charge in [-0.25, -0.2) is 13.2 Å². The lowest BCUT2D eigenvalue weighted by molar-refractivity contribution is 0.336. The second-order valence-electron chi connectivity index (χ2n) is 4.83. The summed E-state index contributed by atoms with van der Waals surface area (Å²) in [6, 6.07) is 2.00. The third kappa shape index (κ3) is 2.46. The van der Waals surface area contributed by atoms with Crippen molar-refractivity contribution in [1.29, 1.82) is 0 Å². The minimum absolute atomic E-state index is 0.0221. The number of nitrogens with zero attached hydrogens (tertiary/aromatic N) is 1. The molecule has 1 aliphatic rings. The number of halogens is 3. The lowest BCUT2D eigenvalue weighted by atomic mass is 9.93. The van der Waals surface area contributed by atoms with Gasteiger partial charge in [-0.15, -0.1) is 0 Å². The van der Waals surface area contributed by atoms with Gasteiger partial charge in [0.15, 0.2) is 11.6 Å². The Hall–Kier alpha value is -1.23. The predicted molar refractivity (Wildman–Crippen MR) is 65.2 cm³/mol. The second-order valence-corrected chi connectivity index (χ2v) is 4.83. The summed E-state index contributed by atoms with van der Waals surface area (Å²) < 4.78 is 40.0. The molecule has 1 N–H and O–H groups in total. The number of nitrogens with one attached hydrogen (secondary N) is 1. The van der Waals surface area contributed by atoms with Crippen molar-refractivity contribution >= 4 is 5.69 Å². The molecule has 0 amide bonds. The van der Waals surface area contributed by atoms with Gasteiger partial charge in [-0.05, 0) is 19.4 Å². The first kappa shape index (κ1) is 13.2. The molecule has 0 radical (unpaired) electrons. The molecule has 5 heteroatoms. The van der Waals surface area contributed by atoms with Crippen molar-refractivity contribution in [3.05, 3.63) is 29.6 Å². The largest absolute Gasteiger partial charge is 0.369 e. The summed E-state index contributed by atoms with van der Waals surface area (Å²) in [6.07, 6.45) is 0.829. The Kier molecular flexibility index (Phi) is 3.80. The van der Waals surface area contributed by atoms with Crippen molar-refractivity contribution in [2.75, 3.05) is 25.0 Å². The van der Waals surface area contributed by atoms with Gasteiger partial charge in [-0.3, -0.25) is 0 Å². The molecule has 1 aliphatic heterocycles. The first-order chi connectivity index (χ1) is 8.52. The van der Waals surface area contributed by atoms with Crippen LogP contribution in [0.5, 0.6) is 0 Å². The van der Waals surface area contributed by atoms with Crippen LogP contribution in [-0.2, 0) is 0 Å². The van der Waals surface area contributed by atoms with E-state index in [1.165, 1.54) is 0 Å². The van der Waals surface area contributed by atoms with E-state index in [4.69, 9.17) is 0 Å². The molecule has 1 aromatic rings. The molecule has 1 heterocycles. The summed E-state index contributed by atoms with van der Waals surface area (Å²) in [4.78, 5) is 1.71. The Balaban J connectivity index is 2.23. The number of rotatable bonds is 2. The Morgan fingerprint density at radius 2 is 2.00 bits per heavy atom. The molecule has 0 bridgehead atoms. The smallest absolute Gasteiger partial charge is 0.182 e. The van der Waals surface area contributed by atoms with E-state index in [1.807, 2.05) is 14.0 Å². The van der Waals surface area contributed by atoms with E-state index in [2.05, 4.69) is 5.32 Å². The van der Waals surface area contributed by atoms with Crippen LogP contribution >= 0.6 is 0 Å². The van der Waals surface area contributed by atoms with Gasteiger partial charge in [0.1, 0.15) is 5.82 Å². The van der Waals surface area contributed by atoms with Crippen molar-refractivity contribution in [1.82, 2.24) is 5.32 Å². The van der Waals surface area contributed by atoms with E-state index in [9.17, 15) is 13.2 Å². The zero-order valence-corrected chi connectivity index (χ0v) is 10.5. The van der Waals surface area contributed by atoms with E-state index < -0.39 is 17.5 Å². The monoisotopic (exact) mass is 258 g/mol. The Labute approximate surface area is 105 Å². The first-order valence-corrected chi connectivity index (χ1v) is 6.09. The zero-order chi connectivity index (χ0) is 13.3. The zero-order valence-electron chi connectivity index (χ0n) is 10.5. The van der Waals surface area contributed by atoms with Gasteiger partial charge in [-0.2, -0.15) is 0 Å². The molecule has 0 aliphatic carbocycles. The summed E-state index contributed by atoms with van der Waals surface area (Å²) in [5.74, 6) is -2.54. The summed E-state index contributed by atoms with van der Waals surface area (Å²) in [5.41, 5.74) is 0.0221. The number of hydrogen-bond donors (Lipinski definition) is 1. The normalized spacial score (nSPS) is 24.4. The number of piperidine rings is 1. The lowest BCUT2D eigenvalue weighted by Crippen LogP contribution is -2.47. The first-order valence-electron chi connectivity index (χ1n) is 6.09. The van der Waals surface area contributed by atoms with Crippen LogP contribution in [0.4, 0.5) is 18.9 Å². The van der Waals surface area contributed by atoms with Crippen LogP contribution in [0.25, 0.3) is 0 Å². The molecule has 2 unspecified atom stereocenters. The molecule has 100 valence electrons. The summed E-state index contributed by atoms with van der Waals surface area (Å²) in [7, 11) is 1.89. The van der Waals surface area contributed by atoms with Crippen molar-refractivity contribution in [3.8, 4) is 0 Å². The van der Waals surface area contributed by atoms with Crippen molar-refractivity contribution in [2.45, 2.75) is 19.4 Å². The molecule has 0 aromatic heterocycles. The average molecular weight is 258 g/mol. The van der Waals surface area contributed by atoms with Crippen molar-refractivity contribution in [2.24, 2.45) is 5.92 Å². The molecule has 18 heavy (non-hydrogen) atoms. The quantitative estimate of drug-likeness (QED) is 0.820. The third-order valence-corrected chi connectivity index (χ3v) is 3.59. The van der Waals surface area contributed by atoms with E-state index >= 15 is 0 Å². The third-order valence-electron chi connectivity index (χ3n) is 3.59. The maximum absolute atomic E-state index is 13.7. The van der Waals surface area contributed by atoms with Gasteiger partial charge in [0.2, 0.25) is 0 Å². The van der Waals surface area contributed by atoms with Crippen LogP contribution in [-0.4, -0.2) is 26.2 Å². The maximum Gasteiger partial charge on any atom is 0.182 e. The highest BCUT2D eigenvalue weighted by molar-refractivity contribution is 5.49. The summed E-state index contributed by atoms with van der Waals surface area (Å²) in [6.45, 7) is 3.22. The molecule has 1 fully saturated rings. The molecular weight excluding hydrogens is 241 g/mol. The fourth-order valence-electron chi connectivity index (χ4n) is 2.57. The van der Waals surface area contributed by atoms with Crippen LogP contribution in [0.15, 0.2) is 12.1 Å².